The first-order valence-corrected chi connectivity index (χ1v) is 22.8. The van der Waals surface area contributed by atoms with Crippen LogP contribution >= 0.6 is 23.2 Å². The zero-order valence-corrected chi connectivity index (χ0v) is 38.9. The van der Waals surface area contributed by atoms with Crippen molar-refractivity contribution >= 4 is 70.6 Å². The molecule has 7 atom stereocenters. The number of likely N-dealkylation sites (tertiary alicyclic amines) is 1. The highest BCUT2D eigenvalue weighted by atomic mass is 35.5. The number of ether oxygens (including phenoxy) is 1. The number of halogens is 2. The van der Waals surface area contributed by atoms with E-state index >= 15 is 0 Å². The van der Waals surface area contributed by atoms with Gasteiger partial charge in [0.2, 0.25) is 29.5 Å². The maximum atomic E-state index is 14.9. The van der Waals surface area contributed by atoms with E-state index in [4.69, 9.17) is 28.9 Å². The SMILES string of the molecule is COC(=O)/C=C/CC[C@H](NC(=O)c1cc(Cl)c(Cl)cc1C(=O)O)C(=O)N[C@H](C(=O)N1C[C@H]2[C@@H]([C@H]1C(=O)N[C@H](C(=O)N[C@H](C(N)=O)C1CCCCC1)C1=CCCCC1)C2(C)C)C(C)(C)C. The van der Waals surface area contributed by atoms with Crippen LogP contribution in [0.3, 0.4) is 0 Å². The third-order valence-corrected chi connectivity index (χ3v) is 14.1. The van der Waals surface area contributed by atoms with E-state index in [0.29, 0.717) is 12.8 Å². The summed E-state index contributed by atoms with van der Waals surface area (Å²) in [7, 11) is 1.20. The minimum atomic E-state index is -1.47. The molecule has 1 heterocycles. The van der Waals surface area contributed by atoms with Gasteiger partial charge in [-0.1, -0.05) is 89.2 Å². The molecule has 6 amide bonds. The lowest BCUT2D eigenvalue weighted by atomic mass is 9.83. The zero-order chi connectivity index (χ0) is 47.3. The van der Waals surface area contributed by atoms with Gasteiger partial charge >= 0.3 is 11.9 Å². The van der Waals surface area contributed by atoms with Crippen LogP contribution in [-0.4, -0.2) is 101 Å². The van der Waals surface area contributed by atoms with Crippen LogP contribution in [0.1, 0.15) is 126 Å². The monoisotopic (exact) mass is 928 g/mol. The van der Waals surface area contributed by atoms with Gasteiger partial charge in [-0.3, -0.25) is 28.8 Å². The molecule has 3 fully saturated rings. The van der Waals surface area contributed by atoms with Crippen molar-refractivity contribution in [3.63, 3.8) is 0 Å². The van der Waals surface area contributed by atoms with Gasteiger partial charge in [-0.05, 0) is 97.7 Å². The van der Waals surface area contributed by atoms with Crippen LogP contribution in [0, 0.1) is 28.6 Å². The number of nitrogens with two attached hydrogens (primary N) is 1. The smallest absolute Gasteiger partial charge is 0.336 e. The Morgan fingerprint density at radius 3 is 2.16 bits per heavy atom. The van der Waals surface area contributed by atoms with E-state index in [0.717, 1.165) is 68.7 Å². The normalized spacial score (nSPS) is 22.5. The van der Waals surface area contributed by atoms with Gasteiger partial charge in [-0.25, -0.2) is 9.59 Å². The Hall–Kier alpha value is -4.96. The molecule has 4 aliphatic rings. The predicted octanol–water partition coefficient (Wildman–Crippen LogP) is 4.85. The third-order valence-electron chi connectivity index (χ3n) is 13.4. The number of allylic oxidation sites excluding steroid dienone is 2. The molecule has 0 bridgehead atoms. The van der Waals surface area contributed by atoms with Gasteiger partial charge in [-0.2, -0.15) is 0 Å². The zero-order valence-electron chi connectivity index (χ0n) is 37.4. The summed E-state index contributed by atoms with van der Waals surface area (Å²) in [5.74, 6) is -6.56. The molecule has 5 rings (SSSR count). The number of nitrogens with zero attached hydrogens (tertiary/aromatic N) is 1. The van der Waals surface area contributed by atoms with Gasteiger partial charge in [0.05, 0.1) is 28.3 Å². The number of carboxylic acids is 1. The lowest BCUT2D eigenvalue weighted by Crippen LogP contribution is -2.62. The molecular formula is C46H62Cl2N6O10. The lowest BCUT2D eigenvalue weighted by Gasteiger charge is -2.38. The Morgan fingerprint density at radius 1 is 0.922 bits per heavy atom. The molecule has 0 radical (unpaired) electrons. The first-order chi connectivity index (χ1) is 30.1. The number of hydrogen-bond donors (Lipinski definition) is 6. The molecule has 0 unspecified atom stereocenters. The number of hydrogen-bond acceptors (Lipinski definition) is 9. The van der Waals surface area contributed by atoms with Crippen molar-refractivity contribution < 1.29 is 48.2 Å². The fraction of sp³-hybridized carbons (Fsp3) is 0.609. The number of methoxy groups -OCH3 is 1. The molecule has 1 aromatic carbocycles. The van der Waals surface area contributed by atoms with Crippen molar-refractivity contribution in [3.8, 4) is 0 Å². The molecule has 0 spiro atoms. The Kier molecular flexibility index (Phi) is 16.3. The van der Waals surface area contributed by atoms with Gasteiger partial charge < -0.3 is 41.7 Å². The maximum absolute atomic E-state index is 14.9. The molecule has 1 saturated heterocycles. The number of fused-ring (bicyclic) bond motifs is 1. The van der Waals surface area contributed by atoms with Gasteiger partial charge in [-0.15, -0.1) is 0 Å². The number of carbonyl (C=O) groups excluding carboxylic acids is 7. The quantitative estimate of drug-likeness (QED) is 0.0705. The molecular weight excluding hydrogens is 867 g/mol. The number of rotatable bonds is 17. The first-order valence-electron chi connectivity index (χ1n) is 22.1. The van der Waals surface area contributed by atoms with Crippen molar-refractivity contribution in [1.29, 1.82) is 0 Å². The number of primary amides is 1. The van der Waals surface area contributed by atoms with E-state index < -0.39 is 88.6 Å². The van der Waals surface area contributed by atoms with Gasteiger partial charge in [0.1, 0.15) is 30.2 Å². The van der Waals surface area contributed by atoms with Gasteiger partial charge in [0.25, 0.3) is 5.91 Å². The molecule has 64 heavy (non-hydrogen) atoms. The van der Waals surface area contributed by atoms with Crippen LogP contribution in [0.5, 0.6) is 0 Å². The summed E-state index contributed by atoms with van der Waals surface area (Å²) < 4.78 is 4.64. The molecule has 1 aromatic rings. The number of piperidine rings is 1. The summed E-state index contributed by atoms with van der Waals surface area (Å²) in [5.41, 5.74) is 4.47. The lowest BCUT2D eigenvalue weighted by molar-refractivity contribution is -0.146. The number of nitrogens with one attached hydrogen (secondary N) is 4. The Balaban J connectivity index is 1.42. The molecule has 0 aromatic heterocycles. The van der Waals surface area contributed by atoms with Crippen LogP contribution in [0.25, 0.3) is 0 Å². The van der Waals surface area contributed by atoms with Gasteiger partial charge in [0.15, 0.2) is 0 Å². The number of carbonyl (C=O) groups is 8. The molecule has 1 aliphatic heterocycles. The summed E-state index contributed by atoms with van der Waals surface area (Å²) >= 11 is 12.2. The highest BCUT2D eigenvalue weighted by Gasteiger charge is 2.70. The Labute approximate surface area is 384 Å². The van der Waals surface area contributed by atoms with Crippen molar-refractivity contribution in [3.05, 3.63) is 57.1 Å². The fourth-order valence-corrected chi connectivity index (χ4v) is 9.93. The van der Waals surface area contributed by atoms with Crippen LogP contribution in [-0.2, 0) is 33.5 Å². The molecule has 18 heteroatoms. The van der Waals surface area contributed by atoms with E-state index in [9.17, 15) is 43.5 Å². The van der Waals surface area contributed by atoms with Crippen LogP contribution in [0.4, 0.5) is 0 Å². The minimum Gasteiger partial charge on any atom is -0.478 e. The second-order valence-corrected chi connectivity index (χ2v) is 19.9. The van der Waals surface area contributed by atoms with E-state index in [-0.39, 0.29) is 58.2 Å². The van der Waals surface area contributed by atoms with E-state index in [1.54, 1.807) is 20.8 Å². The topological polar surface area (TPSA) is 243 Å². The Morgan fingerprint density at radius 2 is 1.58 bits per heavy atom. The van der Waals surface area contributed by atoms with E-state index in [1.165, 1.54) is 18.1 Å². The number of amides is 6. The molecule has 7 N–H and O–H groups in total. The largest absolute Gasteiger partial charge is 0.478 e. The summed E-state index contributed by atoms with van der Waals surface area (Å²) in [6, 6.07) is -3.53. The number of benzene rings is 1. The van der Waals surface area contributed by atoms with Gasteiger partial charge in [0, 0.05) is 12.6 Å². The third kappa shape index (κ3) is 11.6. The molecule has 2 saturated carbocycles. The molecule has 16 nitrogen and oxygen atoms in total. The second-order valence-electron chi connectivity index (χ2n) is 19.1. The highest BCUT2D eigenvalue weighted by Crippen LogP contribution is 2.65. The molecule has 3 aliphatic carbocycles. The fourth-order valence-electron chi connectivity index (χ4n) is 9.60. The minimum absolute atomic E-state index is 0.0569. The van der Waals surface area contributed by atoms with Crippen LogP contribution < -0.4 is 27.0 Å². The van der Waals surface area contributed by atoms with Crippen LogP contribution in [0.2, 0.25) is 10.0 Å². The summed E-state index contributed by atoms with van der Waals surface area (Å²) in [6.07, 6.45) is 11.9. The number of esters is 1. The first kappa shape index (κ1) is 50.0. The van der Waals surface area contributed by atoms with E-state index in [2.05, 4.69) is 26.0 Å². The maximum Gasteiger partial charge on any atom is 0.336 e. The average Bonchev–Trinajstić information content (AvgIpc) is 3.53. The summed E-state index contributed by atoms with van der Waals surface area (Å²) in [4.78, 5) is 110. The average molecular weight is 930 g/mol. The Bertz CT molecular complexity index is 2080. The van der Waals surface area contributed by atoms with Crippen molar-refractivity contribution in [2.45, 2.75) is 135 Å². The standard InChI is InChI=1S/C46H62Cl2N6O10/c1-45(2,3)37(53-40(58)31(19-13-14-20-32(55)64-6)50-39(57)26-21-29(47)30(48)22-27(26)44(62)63)43(61)54-23-28-33(46(28,4)5)36(54)42(60)52-35(25-17-11-8-12-18-25)41(59)51-34(38(49)56)24-15-9-7-10-16-24/h14,17,20-22,24,28,31,33-37H,7-13,15-16,18-19,23H2,1-6H3,(H2,49,56)(H,50,57)(H,51,59)(H,52,60)(H,53,58)(H,62,63)/b20-14+/t28-,31-,33-,34-,35-,36-,37+/m0/s1. The highest BCUT2D eigenvalue weighted by molar-refractivity contribution is 6.42. The predicted molar refractivity (Wildman–Crippen MR) is 239 cm³/mol. The van der Waals surface area contributed by atoms with E-state index in [1.807, 2.05) is 19.9 Å². The second kappa shape index (κ2) is 20.9. The van der Waals surface area contributed by atoms with Crippen LogP contribution in [0.15, 0.2) is 35.9 Å². The van der Waals surface area contributed by atoms with Crippen molar-refractivity contribution in [2.75, 3.05) is 13.7 Å². The van der Waals surface area contributed by atoms with Crippen molar-refractivity contribution in [2.24, 2.45) is 34.3 Å². The number of carboxylic acid groups (broad SMARTS) is 1. The van der Waals surface area contributed by atoms with Crippen molar-refractivity contribution in [1.82, 2.24) is 26.2 Å². The molecule has 350 valence electrons. The summed E-state index contributed by atoms with van der Waals surface area (Å²) in [5, 5.41) is 20.9. The summed E-state index contributed by atoms with van der Waals surface area (Å²) in [6.45, 7) is 9.47. The number of aromatic carboxylic acids is 1.